The van der Waals surface area contributed by atoms with Crippen molar-refractivity contribution < 1.29 is 9.42 Å². The Morgan fingerprint density at radius 3 is 2.50 bits per heavy atom. The summed E-state index contributed by atoms with van der Waals surface area (Å²) in [7, 11) is 0. The number of aromatic nitrogens is 2. The molecule has 0 atom stereocenters. The van der Waals surface area contributed by atoms with E-state index in [0.717, 1.165) is 11.1 Å². The molecule has 0 radical (unpaired) electrons. The number of hydrogen-bond acceptors (Lipinski definition) is 4. The van der Waals surface area contributed by atoms with E-state index in [2.05, 4.69) is 15.6 Å². The second-order valence-electron chi connectivity index (χ2n) is 4.68. The Balaban J connectivity index is 1.75. The first kappa shape index (κ1) is 14.3. The predicted molar refractivity (Wildman–Crippen MR) is 83.5 cm³/mol. The van der Waals surface area contributed by atoms with E-state index in [0.29, 0.717) is 16.5 Å². The van der Waals surface area contributed by atoms with E-state index in [9.17, 15) is 4.79 Å². The molecule has 1 heterocycles. The number of nitrogens with zero attached hydrogens (tertiary/aromatic N) is 2. The van der Waals surface area contributed by atoms with Crippen molar-refractivity contribution in [1.82, 2.24) is 10.3 Å². The molecule has 110 valence electrons. The Kier molecular flexibility index (Phi) is 4.16. The van der Waals surface area contributed by atoms with Gasteiger partial charge in [-0.1, -0.05) is 54.1 Å². The van der Waals surface area contributed by atoms with Crippen LogP contribution < -0.4 is 5.32 Å². The molecule has 0 bridgehead atoms. The summed E-state index contributed by atoms with van der Waals surface area (Å²) in [6, 6.07) is 16.5. The van der Waals surface area contributed by atoms with Gasteiger partial charge in [-0.2, -0.15) is 0 Å². The van der Waals surface area contributed by atoms with E-state index < -0.39 is 0 Å². The minimum atomic E-state index is -0.183. The molecule has 1 aromatic heterocycles. The number of amides is 1. The maximum absolute atomic E-state index is 12.1. The Morgan fingerprint density at radius 2 is 1.77 bits per heavy atom. The van der Waals surface area contributed by atoms with E-state index in [1.165, 1.54) is 0 Å². The van der Waals surface area contributed by atoms with Crippen LogP contribution in [0.1, 0.15) is 5.56 Å². The van der Waals surface area contributed by atoms with Gasteiger partial charge >= 0.3 is 0 Å². The van der Waals surface area contributed by atoms with E-state index in [1.807, 2.05) is 30.3 Å². The van der Waals surface area contributed by atoms with Crippen LogP contribution in [0.5, 0.6) is 0 Å². The highest BCUT2D eigenvalue weighted by molar-refractivity contribution is 6.30. The van der Waals surface area contributed by atoms with E-state index in [-0.39, 0.29) is 12.3 Å². The summed E-state index contributed by atoms with van der Waals surface area (Å²) >= 11 is 5.86. The SMILES string of the molecule is O=C(Cc1ccccc1)Nc1nonc1-c1ccc(Cl)cc1. The van der Waals surface area contributed by atoms with Crippen molar-refractivity contribution in [2.45, 2.75) is 6.42 Å². The van der Waals surface area contributed by atoms with Crippen molar-refractivity contribution in [3.05, 3.63) is 65.2 Å². The third kappa shape index (κ3) is 3.32. The maximum atomic E-state index is 12.1. The predicted octanol–water partition coefficient (Wildman–Crippen LogP) is 3.57. The molecule has 3 aromatic rings. The minimum absolute atomic E-state index is 0.183. The van der Waals surface area contributed by atoms with Crippen molar-refractivity contribution >= 4 is 23.3 Å². The van der Waals surface area contributed by atoms with Gasteiger partial charge in [0, 0.05) is 10.6 Å². The third-order valence-electron chi connectivity index (χ3n) is 3.07. The number of carbonyl (C=O) groups excluding carboxylic acids is 1. The molecule has 0 saturated carbocycles. The molecule has 2 aromatic carbocycles. The molecule has 0 aliphatic heterocycles. The van der Waals surface area contributed by atoms with Gasteiger partial charge in [-0.15, -0.1) is 0 Å². The molecular formula is C16H12ClN3O2. The quantitative estimate of drug-likeness (QED) is 0.799. The fraction of sp³-hybridized carbons (Fsp3) is 0.0625. The van der Waals surface area contributed by atoms with Crippen molar-refractivity contribution in [1.29, 1.82) is 0 Å². The number of carbonyl (C=O) groups is 1. The summed E-state index contributed by atoms with van der Waals surface area (Å²) in [5.41, 5.74) is 2.16. The van der Waals surface area contributed by atoms with Crippen LogP contribution in [0.3, 0.4) is 0 Å². The number of anilines is 1. The number of halogens is 1. The molecule has 0 aliphatic rings. The number of rotatable bonds is 4. The zero-order valence-electron chi connectivity index (χ0n) is 11.5. The number of nitrogens with one attached hydrogen (secondary N) is 1. The topological polar surface area (TPSA) is 68.0 Å². The number of hydrogen-bond donors (Lipinski definition) is 1. The van der Waals surface area contributed by atoms with Gasteiger partial charge in [0.2, 0.25) is 11.7 Å². The van der Waals surface area contributed by atoms with Crippen molar-refractivity contribution in [2.75, 3.05) is 5.32 Å². The van der Waals surface area contributed by atoms with Crippen LogP contribution in [-0.2, 0) is 11.2 Å². The fourth-order valence-electron chi connectivity index (χ4n) is 2.03. The zero-order valence-corrected chi connectivity index (χ0v) is 12.2. The molecule has 1 N–H and O–H groups in total. The molecule has 0 spiro atoms. The third-order valence-corrected chi connectivity index (χ3v) is 3.32. The fourth-order valence-corrected chi connectivity index (χ4v) is 2.15. The lowest BCUT2D eigenvalue weighted by molar-refractivity contribution is -0.115. The van der Waals surface area contributed by atoms with Crippen LogP contribution in [-0.4, -0.2) is 16.2 Å². The first-order valence-corrected chi connectivity index (χ1v) is 7.02. The zero-order chi connectivity index (χ0) is 15.4. The van der Waals surface area contributed by atoms with Gasteiger partial charge in [0.1, 0.15) is 0 Å². The summed E-state index contributed by atoms with van der Waals surface area (Å²) in [4.78, 5) is 12.1. The van der Waals surface area contributed by atoms with Gasteiger partial charge in [-0.25, -0.2) is 4.63 Å². The highest BCUT2D eigenvalue weighted by Crippen LogP contribution is 2.25. The lowest BCUT2D eigenvalue weighted by Gasteiger charge is -2.03. The van der Waals surface area contributed by atoms with Crippen LogP contribution in [0.15, 0.2) is 59.2 Å². The molecule has 5 nitrogen and oxygen atoms in total. The molecule has 22 heavy (non-hydrogen) atoms. The van der Waals surface area contributed by atoms with Gasteiger partial charge in [0.15, 0.2) is 5.69 Å². The van der Waals surface area contributed by atoms with Crippen molar-refractivity contribution in [2.24, 2.45) is 0 Å². The smallest absolute Gasteiger partial charge is 0.230 e. The van der Waals surface area contributed by atoms with Gasteiger partial charge < -0.3 is 5.32 Å². The molecule has 6 heteroatoms. The number of benzene rings is 2. The molecule has 0 fully saturated rings. The van der Waals surface area contributed by atoms with Gasteiger partial charge in [0.25, 0.3) is 0 Å². The summed E-state index contributed by atoms with van der Waals surface area (Å²) in [5.74, 6) is 0.111. The molecular weight excluding hydrogens is 302 g/mol. The van der Waals surface area contributed by atoms with Crippen LogP contribution in [0, 0.1) is 0 Å². The maximum Gasteiger partial charge on any atom is 0.230 e. The Bertz CT molecular complexity index is 770. The van der Waals surface area contributed by atoms with Gasteiger partial charge in [-0.3, -0.25) is 4.79 Å². The van der Waals surface area contributed by atoms with Crippen LogP contribution in [0.4, 0.5) is 5.82 Å². The van der Waals surface area contributed by atoms with Crippen LogP contribution in [0.2, 0.25) is 5.02 Å². The molecule has 0 unspecified atom stereocenters. The van der Waals surface area contributed by atoms with E-state index in [4.69, 9.17) is 16.2 Å². The molecule has 0 saturated heterocycles. The van der Waals surface area contributed by atoms with Crippen LogP contribution in [0.25, 0.3) is 11.3 Å². The summed E-state index contributed by atoms with van der Waals surface area (Å²) in [6.07, 6.45) is 0.258. The molecule has 1 amide bonds. The molecule has 0 aliphatic carbocycles. The summed E-state index contributed by atoms with van der Waals surface area (Å²) in [5, 5.41) is 10.9. The standard InChI is InChI=1S/C16H12ClN3O2/c17-13-8-6-12(7-9-13)15-16(20-22-19-15)18-14(21)10-11-4-2-1-3-5-11/h1-9H,10H2,(H,18,20,21). The van der Waals surface area contributed by atoms with Crippen molar-refractivity contribution in [3.8, 4) is 11.3 Å². The van der Waals surface area contributed by atoms with E-state index >= 15 is 0 Å². The average molecular weight is 314 g/mol. The largest absolute Gasteiger partial charge is 0.306 e. The normalized spacial score (nSPS) is 10.4. The van der Waals surface area contributed by atoms with Gasteiger partial charge in [-0.05, 0) is 28.0 Å². The van der Waals surface area contributed by atoms with Crippen molar-refractivity contribution in [3.63, 3.8) is 0 Å². The Labute approximate surface area is 131 Å². The second kappa shape index (κ2) is 6.41. The van der Waals surface area contributed by atoms with E-state index in [1.54, 1.807) is 24.3 Å². The monoisotopic (exact) mass is 313 g/mol. The lowest BCUT2D eigenvalue weighted by atomic mass is 10.1. The summed E-state index contributed by atoms with van der Waals surface area (Å²) < 4.78 is 4.73. The Morgan fingerprint density at radius 1 is 1.05 bits per heavy atom. The van der Waals surface area contributed by atoms with Crippen LogP contribution >= 0.6 is 11.6 Å². The van der Waals surface area contributed by atoms with Gasteiger partial charge in [0.05, 0.1) is 6.42 Å². The highest BCUT2D eigenvalue weighted by atomic mass is 35.5. The second-order valence-corrected chi connectivity index (χ2v) is 5.12. The minimum Gasteiger partial charge on any atom is -0.306 e. The average Bonchev–Trinajstić information content (AvgIpc) is 2.97. The molecule has 3 rings (SSSR count). The lowest BCUT2D eigenvalue weighted by Crippen LogP contribution is -2.15. The first-order chi connectivity index (χ1) is 10.7. The summed E-state index contributed by atoms with van der Waals surface area (Å²) in [6.45, 7) is 0. The highest BCUT2D eigenvalue weighted by Gasteiger charge is 2.15. The first-order valence-electron chi connectivity index (χ1n) is 6.64. The Hall–Kier alpha value is -2.66.